The predicted molar refractivity (Wildman–Crippen MR) is 134 cm³/mol. The van der Waals surface area contributed by atoms with Crippen molar-refractivity contribution in [1.82, 2.24) is 9.97 Å². The molecule has 2 aromatic heterocycles. The van der Waals surface area contributed by atoms with Gasteiger partial charge in [-0.25, -0.2) is 4.39 Å². The monoisotopic (exact) mass is 471 g/mol. The van der Waals surface area contributed by atoms with Crippen LogP contribution in [0.15, 0.2) is 60.0 Å². The van der Waals surface area contributed by atoms with E-state index in [2.05, 4.69) is 21.2 Å². The Morgan fingerprint density at radius 3 is 2.54 bits per heavy atom. The van der Waals surface area contributed by atoms with E-state index in [1.54, 1.807) is 6.07 Å². The molecule has 1 spiro atoms. The fourth-order valence-electron chi connectivity index (χ4n) is 5.06. The predicted octanol–water partition coefficient (Wildman–Crippen LogP) is 6.79. The molecule has 1 atom stereocenters. The Labute approximate surface area is 205 Å². The number of hydrogen-bond acceptors (Lipinski definition) is 5. The van der Waals surface area contributed by atoms with Crippen LogP contribution in [0.1, 0.15) is 85.0 Å². The Morgan fingerprint density at radius 2 is 1.83 bits per heavy atom. The molecule has 6 heteroatoms. The number of oxime groups is 1. The molecular formula is C29H30FN3O2. The van der Waals surface area contributed by atoms with Crippen molar-refractivity contribution in [2.24, 2.45) is 5.16 Å². The van der Waals surface area contributed by atoms with E-state index in [1.165, 1.54) is 18.7 Å². The molecule has 5 rings (SSSR count). The number of ketones is 1. The topological polar surface area (TPSA) is 64.4 Å². The van der Waals surface area contributed by atoms with Crippen molar-refractivity contribution in [1.29, 1.82) is 0 Å². The van der Waals surface area contributed by atoms with E-state index in [-0.39, 0.29) is 29.5 Å². The van der Waals surface area contributed by atoms with Gasteiger partial charge in [-0.3, -0.25) is 14.8 Å². The molecule has 35 heavy (non-hydrogen) atoms. The molecule has 0 unspecified atom stereocenters. The van der Waals surface area contributed by atoms with Crippen LogP contribution < -0.4 is 0 Å². The molecule has 1 aromatic carbocycles. The SMILES string of the molecule is Cc1ccc(-c2cc(C(=O)C[C@H](C)c3ccc(F)cn3)cc(C3=NOC4(CCCCC4)C3)c2)nc1. The molecule has 1 aliphatic carbocycles. The van der Waals surface area contributed by atoms with Crippen molar-refractivity contribution in [3.8, 4) is 11.3 Å². The molecule has 3 heterocycles. The lowest BCUT2D eigenvalue weighted by Crippen LogP contribution is -2.31. The van der Waals surface area contributed by atoms with Gasteiger partial charge in [0.1, 0.15) is 11.4 Å². The summed E-state index contributed by atoms with van der Waals surface area (Å²) in [6.07, 6.45) is 9.67. The smallest absolute Gasteiger partial charge is 0.163 e. The quantitative estimate of drug-likeness (QED) is 0.371. The fourth-order valence-corrected chi connectivity index (χ4v) is 5.06. The molecule has 1 aliphatic heterocycles. The summed E-state index contributed by atoms with van der Waals surface area (Å²) in [4.78, 5) is 28.1. The third-order valence-electron chi connectivity index (χ3n) is 7.15. The highest BCUT2D eigenvalue weighted by Crippen LogP contribution is 2.40. The number of aryl methyl sites for hydroxylation is 1. The highest BCUT2D eigenvalue weighted by atomic mass is 19.1. The number of carbonyl (C=O) groups is 1. The molecule has 3 aromatic rings. The molecule has 1 saturated carbocycles. The molecule has 0 radical (unpaired) electrons. The first kappa shape index (κ1) is 23.3. The molecule has 2 aliphatic rings. The van der Waals surface area contributed by atoms with Crippen molar-refractivity contribution < 1.29 is 14.0 Å². The number of hydrogen-bond donors (Lipinski definition) is 0. The van der Waals surface area contributed by atoms with Crippen molar-refractivity contribution in [2.75, 3.05) is 0 Å². The third kappa shape index (κ3) is 5.16. The minimum absolute atomic E-state index is 0.00531. The summed E-state index contributed by atoms with van der Waals surface area (Å²) in [5.74, 6) is -0.512. The Bertz CT molecular complexity index is 1250. The van der Waals surface area contributed by atoms with Crippen molar-refractivity contribution >= 4 is 11.5 Å². The molecular weight excluding hydrogens is 441 g/mol. The van der Waals surface area contributed by atoms with E-state index in [4.69, 9.17) is 4.84 Å². The van der Waals surface area contributed by atoms with Gasteiger partial charge in [-0.15, -0.1) is 0 Å². The van der Waals surface area contributed by atoms with E-state index in [9.17, 15) is 9.18 Å². The summed E-state index contributed by atoms with van der Waals surface area (Å²) in [5.41, 5.74) is 5.68. The molecule has 5 nitrogen and oxygen atoms in total. The number of halogens is 1. The lowest BCUT2D eigenvalue weighted by Gasteiger charge is -2.30. The van der Waals surface area contributed by atoms with Crippen LogP contribution in [0.3, 0.4) is 0 Å². The molecule has 1 fully saturated rings. The highest BCUT2D eigenvalue weighted by Gasteiger charge is 2.40. The maximum absolute atomic E-state index is 13.4. The Hall–Kier alpha value is -3.41. The second kappa shape index (κ2) is 9.68. The van der Waals surface area contributed by atoms with Gasteiger partial charge in [-0.2, -0.15) is 0 Å². The zero-order valence-electron chi connectivity index (χ0n) is 20.3. The Morgan fingerprint density at radius 1 is 1.03 bits per heavy atom. The maximum atomic E-state index is 13.4. The van der Waals surface area contributed by atoms with Crippen LogP contribution in [0.25, 0.3) is 11.3 Å². The molecule has 180 valence electrons. The average molecular weight is 472 g/mol. The minimum atomic E-state index is -0.384. The lowest BCUT2D eigenvalue weighted by atomic mass is 9.80. The van der Waals surface area contributed by atoms with Crippen LogP contribution >= 0.6 is 0 Å². The summed E-state index contributed by atoms with van der Waals surface area (Å²) in [6.45, 7) is 3.94. The first-order chi connectivity index (χ1) is 16.9. The lowest BCUT2D eigenvalue weighted by molar-refractivity contribution is -0.0449. The van der Waals surface area contributed by atoms with E-state index < -0.39 is 0 Å². The number of aromatic nitrogens is 2. The highest BCUT2D eigenvalue weighted by molar-refractivity contribution is 6.06. The Kier molecular flexibility index (Phi) is 6.46. The first-order valence-electron chi connectivity index (χ1n) is 12.4. The van der Waals surface area contributed by atoms with Gasteiger partial charge >= 0.3 is 0 Å². The van der Waals surface area contributed by atoms with Gasteiger partial charge in [-0.1, -0.05) is 24.6 Å². The summed E-state index contributed by atoms with van der Waals surface area (Å²) in [6, 6.07) is 12.9. The third-order valence-corrected chi connectivity index (χ3v) is 7.15. The largest absolute Gasteiger partial charge is 0.389 e. The van der Waals surface area contributed by atoms with Gasteiger partial charge in [-0.05, 0) is 74.6 Å². The number of carbonyl (C=O) groups excluding carboxylic acids is 1. The van der Waals surface area contributed by atoms with Crippen LogP contribution in [0.4, 0.5) is 4.39 Å². The molecule has 0 N–H and O–H groups in total. The zero-order chi connectivity index (χ0) is 24.4. The van der Waals surface area contributed by atoms with Gasteiger partial charge < -0.3 is 4.84 Å². The van der Waals surface area contributed by atoms with Gasteiger partial charge in [0, 0.05) is 47.3 Å². The van der Waals surface area contributed by atoms with Crippen LogP contribution in [0, 0.1) is 12.7 Å². The van der Waals surface area contributed by atoms with Gasteiger partial charge in [0.05, 0.1) is 17.6 Å². The second-order valence-electron chi connectivity index (χ2n) is 10.00. The number of Topliss-reactive ketones (excluding diaryl/α,β-unsaturated/α-hetero) is 1. The van der Waals surface area contributed by atoms with Gasteiger partial charge in [0.2, 0.25) is 0 Å². The molecule has 0 saturated heterocycles. The Balaban J connectivity index is 1.45. The standard InChI is InChI=1S/C29H30FN3O2/c1-19-6-8-26(31-17-19)21-13-22(27-16-29(35-33-27)10-4-3-5-11-29)15-23(14-21)28(34)12-20(2)25-9-7-24(30)18-32-25/h6-9,13-15,17-18,20H,3-5,10-12,16H2,1-2H3/t20-/m0/s1. The molecule has 0 amide bonds. The zero-order valence-corrected chi connectivity index (χ0v) is 20.3. The number of pyridine rings is 2. The fraction of sp³-hybridized carbons (Fsp3) is 0.379. The second-order valence-corrected chi connectivity index (χ2v) is 10.00. The van der Waals surface area contributed by atoms with Crippen LogP contribution in [0.5, 0.6) is 0 Å². The average Bonchev–Trinajstić information content (AvgIpc) is 3.28. The van der Waals surface area contributed by atoms with E-state index in [1.807, 2.05) is 44.3 Å². The van der Waals surface area contributed by atoms with Crippen LogP contribution in [0.2, 0.25) is 0 Å². The number of nitrogens with zero attached hydrogens (tertiary/aromatic N) is 3. The van der Waals surface area contributed by atoms with Crippen LogP contribution in [-0.4, -0.2) is 27.1 Å². The summed E-state index contributed by atoms with van der Waals surface area (Å²) < 4.78 is 13.3. The van der Waals surface area contributed by atoms with Crippen LogP contribution in [-0.2, 0) is 4.84 Å². The first-order valence-corrected chi connectivity index (χ1v) is 12.4. The van der Waals surface area contributed by atoms with E-state index >= 15 is 0 Å². The minimum Gasteiger partial charge on any atom is -0.389 e. The van der Waals surface area contributed by atoms with Crippen molar-refractivity contribution in [3.63, 3.8) is 0 Å². The number of rotatable bonds is 6. The van der Waals surface area contributed by atoms with Crippen molar-refractivity contribution in [2.45, 2.75) is 70.3 Å². The van der Waals surface area contributed by atoms with Crippen molar-refractivity contribution in [3.05, 3.63) is 83.1 Å². The summed E-state index contributed by atoms with van der Waals surface area (Å²) >= 11 is 0. The van der Waals surface area contributed by atoms with E-state index in [0.717, 1.165) is 60.2 Å². The maximum Gasteiger partial charge on any atom is 0.163 e. The number of benzene rings is 1. The summed E-state index contributed by atoms with van der Waals surface area (Å²) in [5, 5.41) is 4.49. The van der Waals surface area contributed by atoms with Gasteiger partial charge in [0.15, 0.2) is 5.78 Å². The normalized spacial score (nSPS) is 17.6. The molecule has 0 bridgehead atoms. The van der Waals surface area contributed by atoms with Gasteiger partial charge in [0.25, 0.3) is 0 Å². The van der Waals surface area contributed by atoms with E-state index in [0.29, 0.717) is 11.3 Å². The summed E-state index contributed by atoms with van der Waals surface area (Å²) in [7, 11) is 0.